The van der Waals surface area contributed by atoms with Crippen LogP contribution in [0.3, 0.4) is 0 Å². The van der Waals surface area contributed by atoms with Crippen LogP contribution in [0.4, 0.5) is 0 Å². The summed E-state index contributed by atoms with van der Waals surface area (Å²) in [5.41, 5.74) is 2.95. The Morgan fingerprint density at radius 1 is 1.04 bits per heavy atom. The SMILES string of the molecule is COc1cccc(OCc2ccccc2)c1C(=O)NCCC1=CCCCC1. The number of carbonyl (C=O) groups excluding carboxylic acids is 1. The topological polar surface area (TPSA) is 47.6 Å². The molecule has 27 heavy (non-hydrogen) atoms. The van der Waals surface area contributed by atoms with Gasteiger partial charge in [0.25, 0.3) is 5.91 Å². The van der Waals surface area contributed by atoms with Crippen LogP contribution in [0.5, 0.6) is 11.5 Å². The number of allylic oxidation sites excluding steroid dienone is 1. The number of methoxy groups -OCH3 is 1. The summed E-state index contributed by atoms with van der Waals surface area (Å²) in [5, 5.41) is 3.02. The standard InChI is InChI=1S/C23H27NO3/c1-26-20-13-8-14-21(27-17-19-11-6-3-7-12-19)22(20)23(25)24-16-15-18-9-4-2-5-10-18/h3,6-9,11-14H,2,4-5,10,15-17H2,1H3,(H,24,25). The van der Waals surface area contributed by atoms with E-state index in [1.165, 1.54) is 18.4 Å². The maximum Gasteiger partial charge on any atom is 0.258 e. The van der Waals surface area contributed by atoms with Gasteiger partial charge in [-0.3, -0.25) is 4.79 Å². The maximum absolute atomic E-state index is 12.8. The summed E-state index contributed by atoms with van der Waals surface area (Å²) < 4.78 is 11.3. The summed E-state index contributed by atoms with van der Waals surface area (Å²) in [6.07, 6.45) is 8.06. The molecule has 1 amide bonds. The highest BCUT2D eigenvalue weighted by molar-refractivity contribution is 5.99. The first-order valence-corrected chi connectivity index (χ1v) is 9.58. The lowest BCUT2D eigenvalue weighted by atomic mass is 9.97. The van der Waals surface area contributed by atoms with Gasteiger partial charge < -0.3 is 14.8 Å². The molecule has 0 atom stereocenters. The van der Waals surface area contributed by atoms with E-state index in [2.05, 4.69) is 11.4 Å². The molecule has 4 nitrogen and oxygen atoms in total. The zero-order valence-corrected chi connectivity index (χ0v) is 15.9. The van der Waals surface area contributed by atoms with Crippen molar-refractivity contribution in [3.8, 4) is 11.5 Å². The number of nitrogens with one attached hydrogen (secondary N) is 1. The molecule has 2 aromatic carbocycles. The molecule has 142 valence electrons. The highest BCUT2D eigenvalue weighted by Gasteiger charge is 2.18. The minimum Gasteiger partial charge on any atom is -0.496 e. The Morgan fingerprint density at radius 2 is 1.85 bits per heavy atom. The van der Waals surface area contributed by atoms with Crippen LogP contribution in [0.25, 0.3) is 0 Å². The maximum atomic E-state index is 12.8. The second kappa shape index (κ2) is 9.81. The van der Waals surface area contributed by atoms with E-state index >= 15 is 0 Å². The van der Waals surface area contributed by atoms with Gasteiger partial charge in [-0.1, -0.05) is 48.0 Å². The minimum absolute atomic E-state index is 0.160. The molecular weight excluding hydrogens is 338 g/mol. The van der Waals surface area contributed by atoms with Gasteiger partial charge in [-0.25, -0.2) is 0 Å². The monoisotopic (exact) mass is 365 g/mol. The lowest BCUT2D eigenvalue weighted by Crippen LogP contribution is -2.26. The average Bonchev–Trinajstić information content (AvgIpc) is 2.73. The molecule has 0 fully saturated rings. The third-order valence-electron chi connectivity index (χ3n) is 4.79. The van der Waals surface area contributed by atoms with Gasteiger partial charge in [-0.15, -0.1) is 0 Å². The predicted molar refractivity (Wildman–Crippen MR) is 107 cm³/mol. The van der Waals surface area contributed by atoms with Crippen LogP contribution in [-0.4, -0.2) is 19.6 Å². The lowest BCUT2D eigenvalue weighted by molar-refractivity contribution is 0.0946. The zero-order chi connectivity index (χ0) is 18.9. The van der Waals surface area contributed by atoms with Gasteiger partial charge in [0, 0.05) is 6.54 Å². The van der Waals surface area contributed by atoms with Crippen LogP contribution in [0, 0.1) is 0 Å². The van der Waals surface area contributed by atoms with Crippen LogP contribution < -0.4 is 14.8 Å². The highest BCUT2D eigenvalue weighted by atomic mass is 16.5. The summed E-state index contributed by atoms with van der Waals surface area (Å²) in [5.74, 6) is 0.898. The molecule has 0 saturated carbocycles. The zero-order valence-electron chi connectivity index (χ0n) is 15.9. The molecule has 0 aromatic heterocycles. The highest BCUT2D eigenvalue weighted by Crippen LogP contribution is 2.29. The minimum atomic E-state index is -0.160. The van der Waals surface area contributed by atoms with Crippen molar-refractivity contribution in [1.82, 2.24) is 5.32 Å². The molecule has 0 bridgehead atoms. The smallest absolute Gasteiger partial charge is 0.258 e. The van der Waals surface area contributed by atoms with E-state index in [9.17, 15) is 4.79 Å². The second-order valence-electron chi connectivity index (χ2n) is 6.72. The lowest BCUT2D eigenvalue weighted by Gasteiger charge is -2.16. The average molecular weight is 365 g/mol. The van der Waals surface area contributed by atoms with E-state index in [0.717, 1.165) is 24.8 Å². The van der Waals surface area contributed by atoms with Crippen LogP contribution in [0.1, 0.15) is 48.0 Å². The first kappa shape index (κ1) is 19.0. The van der Waals surface area contributed by atoms with Crippen molar-refractivity contribution >= 4 is 5.91 Å². The molecule has 1 aliphatic rings. The van der Waals surface area contributed by atoms with Gasteiger partial charge in [-0.05, 0) is 49.8 Å². The fourth-order valence-electron chi connectivity index (χ4n) is 3.32. The molecule has 2 aromatic rings. The van der Waals surface area contributed by atoms with Crippen molar-refractivity contribution < 1.29 is 14.3 Å². The largest absolute Gasteiger partial charge is 0.496 e. The van der Waals surface area contributed by atoms with Crippen molar-refractivity contribution in [3.05, 3.63) is 71.3 Å². The molecule has 0 saturated heterocycles. The van der Waals surface area contributed by atoms with Gasteiger partial charge in [0.2, 0.25) is 0 Å². The molecule has 0 aliphatic heterocycles. The number of amides is 1. The van der Waals surface area contributed by atoms with Crippen molar-refractivity contribution in [2.24, 2.45) is 0 Å². The van der Waals surface area contributed by atoms with Gasteiger partial charge in [-0.2, -0.15) is 0 Å². The van der Waals surface area contributed by atoms with E-state index in [0.29, 0.717) is 30.2 Å². The van der Waals surface area contributed by atoms with Gasteiger partial charge in [0.05, 0.1) is 7.11 Å². The van der Waals surface area contributed by atoms with Gasteiger partial charge >= 0.3 is 0 Å². The molecule has 0 unspecified atom stereocenters. The quantitative estimate of drug-likeness (QED) is 0.677. The van der Waals surface area contributed by atoms with Crippen LogP contribution in [-0.2, 0) is 6.61 Å². The van der Waals surface area contributed by atoms with Gasteiger partial charge in [0.15, 0.2) is 0 Å². The number of benzene rings is 2. The molecule has 0 radical (unpaired) electrons. The Balaban J connectivity index is 1.66. The molecule has 0 spiro atoms. The van der Waals surface area contributed by atoms with E-state index in [4.69, 9.17) is 9.47 Å². The normalized spacial score (nSPS) is 13.6. The summed E-state index contributed by atoms with van der Waals surface area (Å²) in [4.78, 5) is 12.8. The third kappa shape index (κ3) is 5.36. The Labute approximate surface area is 161 Å². The van der Waals surface area contributed by atoms with E-state index in [1.807, 2.05) is 42.5 Å². The Hall–Kier alpha value is -2.75. The van der Waals surface area contributed by atoms with E-state index < -0.39 is 0 Å². The number of hydrogen-bond donors (Lipinski definition) is 1. The first-order chi connectivity index (χ1) is 13.3. The van der Waals surface area contributed by atoms with Crippen molar-refractivity contribution in [3.63, 3.8) is 0 Å². The van der Waals surface area contributed by atoms with Crippen LogP contribution in [0.15, 0.2) is 60.2 Å². The summed E-state index contributed by atoms with van der Waals surface area (Å²) >= 11 is 0. The molecule has 0 heterocycles. The second-order valence-corrected chi connectivity index (χ2v) is 6.72. The summed E-state index contributed by atoms with van der Waals surface area (Å²) in [6, 6.07) is 15.3. The Kier molecular flexibility index (Phi) is 6.91. The molecule has 1 aliphatic carbocycles. The van der Waals surface area contributed by atoms with Crippen molar-refractivity contribution in [2.45, 2.75) is 38.7 Å². The van der Waals surface area contributed by atoms with Crippen molar-refractivity contribution in [1.29, 1.82) is 0 Å². The number of rotatable bonds is 8. The predicted octanol–water partition coefficient (Wildman–Crippen LogP) is 4.89. The van der Waals surface area contributed by atoms with Crippen molar-refractivity contribution in [2.75, 3.05) is 13.7 Å². The molecule has 1 N–H and O–H groups in total. The van der Waals surface area contributed by atoms with E-state index in [-0.39, 0.29) is 5.91 Å². The van der Waals surface area contributed by atoms with Gasteiger partial charge in [0.1, 0.15) is 23.7 Å². The number of carbonyl (C=O) groups is 1. The Morgan fingerprint density at radius 3 is 2.59 bits per heavy atom. The number of hydrogen-bond acceptors (Lipinski definition) is 3. The molecular formula is C23H27NO3. The van der Waals surface area contributed by atoms with E-state index in [1.54, 1.807) is 13.2 Å². The fourth-order valence-corrected chi connectivity index (χ4v) is 3.32. The molecule has 3 rings (SSSR count). The summed E-state index contributed by atoms with van der Waals surface area (Å²) in [7, 11) is 1.57. The molecule has 4 heteroatoms. The summed E-state index contributed by atoms with van der Waals surface area (Å²) in [6.45, 7) is 1.03. The fraction of sp³-hybridized carbons (Fsp3) is 0.348. The number of ether oxygens (including phenoxy) is 2. The Bertz CT molecular complexity index is 783. The third-order valence-corrected chi connectivity index (χ3v) is 4.79. The van der Waals surface area contributed by atoms with Crippen LogP contribution in [0.2, 0.25) is 0 Å². The first-order valence-electron chi connectivity index (χ1n) is 9.58. The van der Waals surface area contributed by atoms with Crippen LogP contribution >= 0.6 is 0 Å².